The Bertz CT molecular complexity index is 1400. The van der Waals surface area contributed by atoms with Gasteiger partial charge in [-0.3, -0.25) is 14.4 Å². The van der Waals surface area contributed by atoms with Crippen molar-refractivity contribution in [2.24, 2.45) is 0 Å². The highest BCUT2D eigenvalue weighted by Crippen LogP contribution is 2.17. The van der Waals surface area contributed by atoms with Crippen LogP contribution < -0.4 is 0 Å². The monoisotopic (exact) mass is 1020 g/mol. The SMILES string of the molecule is CC/C=C\C/C=C\C/C=C\C/C=C\C/C=C\C/C=C\CCCCC(=O)OC(COC(=O)CCCCCCC/C=C\CCC)COC(=O)CCCCCCCCCCCCCCCCCCCCCCCCCC. The Morgan fingerprint density at radius 2 is 0.562 bits per heavy atom. The number of allylic oxidation sites excluding steroid dienone is 14. The van der Waals surface area contributed by atoms with Crippen LogP contribution in [0.25, 0.3) is 0 Å². The molecule has 1 atom stereocenters. The molecule has 0 aliphatic heterocycles. The Labute approximate surface area is 452 Å². The molecule has 0 heterocycles. The molecule has 0 amide bonds. The van der Waals surface area contributed by atoms with E-state index in [1.165, 1.54) is 148 Å². The van der Waals surface area contributed by atoms with Gasteiger partial charge in [-0.25, -0.2) is 0 Å². The van der Waals surface area contributed by atoms with Crippen molar-refractivity contribution < 1.29 is 28.6 Å². The standard InChI is InChI=1S/C67H116O6/c1-4-7-10-13-16-19-22-24-26-28-30-32-33-34-36-37-39-41-43-45-48-51-54-57-60-66(69)72-63-64(62-71-65(68)59-56-53-50-47-21-18-15-12-9-6-3)73-67(70)61-58-55-52-49-46-44-42-40-38-35-31-29-27-25-23-20-17-14-11-8-5-2/h8,11-12,15,17,20,25,27,31,35,40,42,46,49,64H,4-7,9-10,13-14,16,18-19,21-24,26,28-30,32-34,36-39,41,43-45,47-48,50-63H2,1-3H3/b11-8-,15-12-,20-17-,27-25-,35-31-,42-40-,49-46-. The van der Waals surface area contributed by atoms with E-state index >= 15 is 0 Å². The minimum Gasteiger partial charge on any atom is -0.462 e. The molecular formula is C67H116O6. The molecule has 0 bridgehead atoms. The van der Waals surface area contributed by atoms with Gasteiger partial charge in [-0.15, -0.1) is 0 Å². The summed E-state index contributed by atoms with van der Waals surface area (Å²) < 4.78 is 16.8. The van der Waals surface area contributed by atoms with Crippen LogP contribution >= 0.6 is 0 Å². The van der Waals surface area contributed by atoms with Crippen molar-refractivity contribution in [2.45, 2.75) is 309 Å². The van der Waals surface area contributed by atoms with Crippen LogP contribution in [0.4, 0.5) is 0 Å². The number of hydrogen-bond donors (Lipinski definition) is 0. The van der Waals surface area contributed by atoms with E-state index in [-0.39, 0.29) is 37.5 Å². The van der Waals surface area contributed by atoms with Gasteiger partial charge in [0, 0.05) is 19.3 Å². The first-order valence-corrected chi connectivity index (χ1v) is 31.1. The highest BCUT2D eigenvalue weighted by Gasteiger charge is 2.19. The Morgan fingerprint density at radius 3 is 0.932 bits per heavy atom. The molecular weight excluding hydrogens is 901 g/mol. The molecule has 0 radical (unpaired) electrons. The summed E-state index contributed by atoms with van der Waals surface area (Å²) in [6, 6.07) is 0. The zero-order chi connectivity index (χ0) is 52.9. The first-order chi connectivity index (χ1) is 36.0. The highest BCUT2D eigenvalue weighted by atomic mass is 16.6. The Kier molecular flexibility index (Phi) is 58.3. The molecule has 0 N–H and O–H groups in total. The van der Waals surface area contributed by atoms with Crippen molar-refractivity contribution in [1.29, 1.82) is 0 Å². The van der Waals surface area contributed by atoms with Crippen LogP contribution in [0.2, 0.25) is 0 Å². The van der Waals surface area contributed by atoms with Crippen LogP contribution in [0.5, 0.6) is 0 Å². The molecule has 73 heavy (non-hydrogen) atoms. The van der Waals surface area contributed by atoms with Crippen molar-refractivity contribution in [1.82, 2.24) is 0 Å². The maximum absolute atomic E-state index is 12.9. The van der Waals surface area contributed by atoms with Crippen LogP contribution in [-0.4, -0.2) is 37.2 Å². The summed E-state index contributed by atoms with van der Waals surface area (Å²) in [6.07, 6.45) is 80.3. The molecule has 0 spiro atoms. The van der Waals surface area contributed by atoms with Gasteiger partial charge in [-0.05, 0) is 89.9 Å². The van der Waals surface area contributed by atoms with Gasteiger partial charge in [-0.2, -0.15) is 0 Å². The minimum atomic E-state index is -0.802. The normalized spacial score (nSPS) is 12.6. The van der Waals surface area contributed by atoms with Crippen LogP contribution in [0.3, 0.4) is 0 Å². The van der Waals surface area contributed by atoms with Gasteiger partial charge >= 0.3 is 17.9 Å². The highest BCUT2D eigenvalue weighted by molar-refractivity contribution is 5.71. The maximum Gasteiger partial charge on any atom is 0.306 e. The fourth-order valence-corrected chi connectivity index (χ4v) is 8.74. The van der Waals surface area contributed by atoms with Gasteiger partial charge in [0.1, 0.15) is 13.2 Å². The third kappa shape index (κ3) is 59.3. The number of carbonyl (C=O) groups excluding carboxylic acids is 3. The second-order valence-corrected chi connectivity index (χ2v) is 20.6. The van der Waals surface area contributed by atoms with Crippen LogP contribution in [0.15, 0.2) is 85.1 Å². The third-order valence-electron chi connectivity index (χ3n) is 13.4. The Morgan fingerprint density at radius 1 is 0.288 bits per heavy atom. The molecule has 0 aliphatic rings. The van der Waals surface area contributed by atoms with E-state index in [9.17, 15) is 14.4 Å². The number of rotatable bonds is 56. The summed E-state index contributed by atoms with van der Waals surface area (Å²) in [4.78, 5) is 38.2. The second-order valence-electron chi connectivity index (χ2n) is 20.6. The summed E-state index contributed by atoms with van der Waals surface area (Å²) in [5.74, 6) is -0.940. The molecule has 0 saturated carbocycles. The first-order valence-electron chi connectivity index (χ1n) is 31.1. The first kappa shape index (κ1) is 69.6. The van der Waals surface area contributed by atoms with Crippen molar-refractivity contribution >= 4 is 17.9 Å². The lowest BCUT2D eigenvalue weighted by atomic mass is 10.0. The summed E-state index contributed by atoms with van der Waals surface area (Å²) >= 11 is 0. The van der Waals surface area contributed by atoms with E-state index in [1.807, 2.05) is 0 Å². The summed E-state index contributed by atoms with van der Waals surface area (Å²) in [6.45, 7) is 6.45. The van der Waals surface area contributed by atoms with Gasteiger partial charge in [0.05, 0.1) is 0 Å². The van der Waals surface area contributed by atoms with E-state index in [0.29, 0.717) is 19.3 Å². The van der Waals surface area contributed by atoms with E-state index in [0.717, 1.165) is 109 Å². The number of esters is 3. The molecule has 0 aromatic carbocycles. The lowest BCUT2D eigenvalue weighted by molar-refractivity contribution is -0.167. The molecule has 0 rings (SSSR count). The molecule has 0 saturated heterocycles. The lowest BCUT2D eigenvalue weighted by Crippen LogP contribution is -2.30. The molecule has 0 aromatic heterocycles. The predicted molar refractivity (Wildman–Crippen MR) is 316 cm³/mol. The van der Waals surface area contributed by atoms with Gasteiger partial charge < -0.3 is 14.2 Å². The zero-order valence-electron chi connectivity index (χ0n) is 48.1. The molecule has 6 nitrogen and oxygen atoms in total. The van der Waals surface area contributed by atoms with E-state index in [1.54, 1.807) is 0 Å². The third-order valence-corrected chi connectivity index (χ3v) is 13.4. The van der Waals surface area contributed by atoms with Crippen LogP contribution in [0, 0.1) is 0 Å². The average Bonchev–Trinajstić information content (AvgIpc) is 3.39. The Hall–Kier alpha value is -3.41. The zero-order valence-corrected chi connectivity index (χ0v) is 48.1. The van der Waals surface area contributed by atoms with Crippen LogP contribution in [-0.2, 0) is 28.6 Å². The predicted octanol–water partition coefficient (Wildman–Crippen LogP) is 21.1. The number of hydrogen-bond acceptors (Lipinski definition) is 6. The topological polar surface area (TPSA) is 78.9 Å². The van der Waals surface area contributed by atoms with Gasteiger partial charge in [-0.1, -0.05) is 279 Å². The largest absolute Gasteiger partial charge is 0.462 e. The molecule has 0 aromatic rings. The minimum absolute atomic E-state index is 0.0947. The average molecular weight is 1020 g/mol. The molecule has 6 heteroatoms. The fraction of sp³-hybridized carbons (Fsp3) is 0.746. The Balaban J connectivity index is 4.30. The summed E-state index contributed by atoms with van der Waals surface area (Å²) in [5, 5.41) is 0. The van der Waals surface area contributed by atoms with Crippen molar-refractivity contribution in [3.63, 3.8) is 0 Å². The molecule has 0 fully saturated rings. The van der Waals surface area contributed by atoms with Crippen molar-refractivity contribution in [3.05, 3.63) is 85.1 Å². The smallest absolute Gasteiger partial charge is 0.306 e. The van der Waals surface area contributed by atoms with Crippen molar-refractivity contribution in [2.75, 3.05) is 13.2 Å². The number of carbonyl (C=O) groups is 3. The molecule has 1 unspecified atom stereocenters. The van der Waals surface area contributed by atoms with E-state index < -0.39 is 6.10 Å². The molecule has 420 valence electrons. The van der Waals surface area contributed by atoms with Gasteiger partial charge in [0.25, 0.3) is 0 Å². The second kappa shape index (κ2) is 61.1. The van der Waals surface area contributed by atoms with E-state index in [4.69, 9.17) is 14.2 Å². The summed E-state index contributed by atoms with van der Waals surface area (Å²) in [5.41, 5.74) is 0. The van der Waals surface area contributed by atoms with E-state index in [2.05, 4.69) is 106 Å². The summed E-state index contributed by atoms with van der Waals surface area (Å²) in [7, 11) is 0. The van der Waals surface area contributed by atoms with Crippen LogP contribution in [0.1, 0.15) is 303 Å². The van der Waals surface area contributed by atoms with Crippen molar-refractivity contribution in [3.8, 4) is 0 Å². The number of unbranched alkanes of at least 4 members (excludes halogenated alkanes) is 31. The van der Waals surface area contributed by atoms with Gasteiger partial charge in [0.2, 0.25) is 0 Å². The lowest BCUT2D eigenvalue weighted by Gasteiger charge is -2.18. The maximum atomic E-state index is 12.9. The molecule has 0 aliphatic carbocycles. The fourth-order valence-electron chi connectivity index (χ4n) is 8.74. The number of ether oxygens (including phenoxy) is 3. The quantitative estimate of drug-likeness (QED) is 0.0261. The van der Waals surface area contributed by atoms with Gasteiger partial charge in [0.15, 0.2) is 6.10 Å².